The van der Waals surface area contributed by atoms with E-state index in [-0.39, 0.29) is 0 Å². The number of halogens is 1. The third kappa shape index (κ3) is 2.99. The van der Waals surface area contributed by atoms with Crippen LogP contribution in [0.25, 0.3) is 10.8 Å². The monoisotopic (exact) mass is 289 g/mol. The summed E-state index contributed by atoms with van der Waals surface area (Å²) in [7, 11) is 0. The van der Waals surface area contributed by atoms with Crippen molar-refractivity contribution in [2.75, 3.05) is 6.54 Å². The van der Waals surface area contributed by atoms with Crippen LogP contribution in [0, 0.1) is 5.92 Å². The van der Waals surface area contributed by atoms with Crippen LogP contribution in [-0.2, 0) is 0 Å². The Bertz CT molecular complexity index is 560. The van der Waals surface area contributed by atoms with Crippen molar-refractivity contribution in [2.45, 2.75) is 39.7 Å². The Morgan fingerprint density at radius 3 is 2.20 bits per heavy atom. The Labute approximate surface area is 127 Å². The second-order valence-electron chi connectivity index (χ2n) is 5.29. The van der Waals surface area contributed by atoms with E-state index in [1.54, 1.807) is 0 Å². The van der Waals surface area contributed by atoms with Crippen LogP contribution in [0.1, 0.15) is 45.2 Å². The van der Waals surface area contributed by atoms with E-state index >= 15 is 0 Å². The van der Waals surface area contributed by atoms with Crippen LogP contribution in [-0.4, -0.2) is 6.54 Å². The standard InChI is InChI=1S/C18H24ClN/c1-4-13(5-2)18(20-6-3)16-11-12-17(19)15-10-8-7-9-14(15)16/h7-13,18,20H,4-6H2,1-3H3. The molecule has 0 aromatic heterocycles. The summed E-state index contributed by atoms with van der Waals surface area (Å²) >= 11 is 6.34. The van der Waals surface area contributed by atoms with Crippen LogP contribution in [0.5, 0.6) is 0 Å². The fraction of sp³-hybridized carbons (Fsp3) is 0.444. The molecule has 20 heavy (non-hydrogen) atoms. The van der Waals surface area contributed by atoms with Crippen molar-refractivity contribution in [3.05, 3.63) is 47.0 Å². The molecule has 108 valence electrons. The summed E-state index contributed by atoms with van der Waals surface area (Å²) in [6.07, 6.45) is 2.37. The molecule has 2 aromatic carbocycles. The van der Waals surface area contributed by atoms with E-state index in [9.17, 15) is 0 Å². The van der Waals surface area contributed by atoms with Gasteiger partial charge in [0.2, 0.25) is 0 Å². The van der Waals surface area contributed by atoms with Gasteiger partial charge in [0.15, 0.2) is 0 Å². The highest BCUT2D eigenvalue weighted by Gasteiger charge is 2.21. The van der Waals surface area contributed by atoms with Crippen molar-refractivity contribution in [1.29, 1.82) is 0 Å². The highest BCUT2D eigenvalue weighted by atomic mass is 35.5. The number of fused-ring (bicyclic) bond motifs is 1. The van der Waals surface area contributed by atoms with Crippen LogP contribution in [0.2, 0.25) is 5.02 Å². The second-order valence-corrected chi connectivity index (χ2v) is 5.70. The summed E-state index contributed by atoms with van der Waals surface area (Å²) in [5.74, 6) is 0.652. The van der Waals surface area contributed by atoms with Gasteiger partial charge in [-0.2, -0.15) is 0 Å². The third-order valence-corrected chi connectivity index (χ3v) is 4.51. The first-order valence-electron chi connectivity index (χ1n) is 7.63. The van der Waals surface area contributed by atoms with Gasteiger partial charge in [0, 0.05) is 16.5 Å². The van der Waals surface area contributed by atoms with Gasteiger partial charge in [-0.25, -0.2) is 0 Å². The van der Waals surface area contributed by atoms with Gasteiger partial charge in [-0.05, 0) is 29.5 Å². The summed E-state index contributed by atoms with van der Waals surface area (Å²) in [5.41, 5.74) is 1.38. The number of benzene rings is 2. The molecule has 1 nitrogen and oxygen atoms in total. The molecule has 0 heterocycles. The van der Waals surface area contributed by atoms with Crippen LogP contribution in [0.4, 0.5) is 0 Å². The van der Waals surface area contributed by atoms with Crippen LogP contribution < -0.4 is 5.32 Å². The third-order valence-electron chi connectivity index (χ3n) is 4.18. The van der Waals surface area contributed by atoms with Crippen molar-refractivity contribution in [3.63, 3.8) is 0 Å². The van der Waals surface area contributed by atoms with Crippen molar-refractivity contribution in [1.82, 2.24) is 5.32 Å². The number of hydrogen-bond donors (Lipinski definition) is 1. The van der Waals surface area contributed by atoms with E-state index < -0.39 is 0 Å². The molecule has 1 atom stereocenters. The molecule has 0 saturated heterocycles. The Hall–Kier alpha value is -1.05. The molecule has 0 aliphatic carbocycles. The summed E-state index contributed by atoms with van der Waals surface area (Å²) in [4.78, 5) is 0. The van der Waals surface area contributed by atoms with Gasteiger partial charge in [-0.1, -0.05) is 75.5 Å². The lowest BCUT2D eigenvalue weighted by Crippen LogP contribution is -2.28. The maximum absolute atomic E-state index is 6.34. The zero-order valence-corrected chi connectivity index (χ0v) is 13.4. The molecule has 0 aliphatic heterocycles. The Balaban J connectivity index is 2.56. The number of nitrogens with one attached hydrogen (secondary N) is 1. The van der Waals surface area contributed by atoms with E-state index in [4.69, 9.17) is 11.6 Å². The maximum atomic E-state index is 6.34. The maximum Gasteiger partial charge on any atom is 0.0484 e. The quantitative estimate of drug-likeness (QED) is 0.732. The average Bonchev–Trinajstić information content (AvgIpc) is 2.48. The number of rotatable bonds is 6. The first kappa shape index (κ1) is 15.3. The molecule has 1 N–H and O–H groups in total. The second kappa shape index (κ2) is 7.10. The van der Waals surface area contributed by atoms with Gasteiger partial charge >= 0.3 is 0 Å². The van der Waals surface area contributed by atoms with Crippen molar-refractivity contribution >= 4 is 22.4 Å². The molecule has 0 spiro atoms. The summed E-state index contributed by atoms with van der Waals surface area (Å²) in [5, 5.41) is 6.94. The Kier molecular flexibility index (Phi) is 5.45. The minimum Gasteiger partial charge on any atom is -0.310 e. The highest BCUT2D eigenvalue weighted by molar-refractivity contribution is 6.35. The lowest BCUT2D eigenvalue weighted by Gasteiger charge is -2.28. The zero-order chi connectivity index (χ0) is 14.5. The molecule has 0 radical (unpaired) electrons. The van der Waals surface area contributed by atoms with Crippen LogP contribution in [0.3, 0.4) is 0 Å². The predicted molar refractivity (Wildman–Crippen MR) is 89.4 cm³/mol. The molecule has 2 aromatic rings. The van der Waals surface area contributed by atoms with Gasteiger partial charge in [-0.3, -0.25) is 0 Å². The summed E-state index contributed by atoms with van der Waals surface area (Å²) < 4.78 is 0. The van der Waals surface area contributed by atoms with Crippen LogP contribution in [0.15, 0.2) is 36.4 Å². The van der Waals surface area contributed by atoms with Crippen molar-refractivity contribution < 1.29 is 0 Å². The van der Waals surface area contributed by atoms with Gasteiger partial charge in [-0.15, -0.1) is 0 Å². The molecule has 2 rings (SSSR count). The molecule has 0 bridgehead atoms. The predicted octanol–water partition coefficient (Wildman–Crippen LogP) is 5.58. The fourth-order valence-corrected chi connectivity index (χ4v) is 3.30. The molecule has 0 amide bonds. The van der Waals surface area contributed by atoms with Crippen LogP contribution >= 0.6 is 11.6 Å². The lowest BCUT2D eigenvalue weighted by molar-refractivity contribution is 0.348. The normalized spacial score (nSPS) is 13.1. The summed E-state index contributed by atoms with van der Waals surface area (Å²) in [6.45, 7) is 7.71. The zero-order valence-electron chi connectivity index (χ0n) is 12.6. The molecular formula is C18H24ClN. The molecule has 0 saturated carbocycles. The fourth-order valence-electron chi connectivity index (χ4n) is 3.07. The molecule has 1 unspecified atom stereocenters. The molecule has 2 heteroatoms. The van der Waals surface area contributed by atoms with Gasteiger partial charge in [0.1, 0.15) is 0 Å². The van der Waals surface area contributed by atoms with Gasteiger partial charge < -0.3 is 5.32 Å². The van der Waals surface area contributed by atoms with Crippen molar-refractivity contribution in [2.24, 2.45) is 5.92 Å². The Morgan fingerprint density at radius 1 is 0.950 bits per heavy atom. The summed E-state index contributed by atoms with van der Waals surface area (Å²) in [6, 6.07) is 13.1. The van der Waals surface area contributed by atoms with Gasteiger partial charge in [0.25, 0.3) is 0 Å². The van der Waals surface area contributed by atoms with Gasteiger partial charge in [0.05, 0.1) is 0 Å². The highest BCUT2D eigenvalue weighted by Crippen LogP contribution is 2.35. The Morgan fingerprint density at radius 2 is 1.60 bits per heavy atom. The van der Waals surface area contributed by atoms with E-state index in [1.807, 2.05) is 6.07 Å². The largest absolute Gasteiger partial charge is 0.310 e. The molecular weight excluding hydrogens is 266 g/mol. The molecule has 0 fully saturated rings. The number of hydrogen-bond acceptors (Lipinski definition) is 1. The van der Waals surface area contributed by atoms with E-state index in [1.165, 1.54) is 23.8 Å². The van der Waals surface area contributed by atoms with E-state index in [2.05, 4.69) is 56.4 Å². The smallest absolute Gasteiger partial charge is 0.0484 e. The van der Waals surface area contributed by atoms with E-state index in [0.717, 1.165) is 17.0 Å². The lowest BCUT2D eigenvalue weighted by atomic mass is 9.86. The minimum atomic E-state index is 0.400. The first-order chi connectivity index (χ1) is 9.72. The average molecular weight is 290 g/mol. The minimum absolute atomic E-state index is 0.400. The first-order valence-corrected chi connectivity index (χ1v) is 8.01. The SMILES string of the molecule is CCNC(c1ccc(Cl)c2ccccc12)C(CC)CC. The van der Waals surface area contributed by atoms with Crippen molar-refractivity contribution in [3.8, 4) is 0 Å². The topological polar surface area (TPSA) is 12.0 Å². The van der Waals surface area contributed by atoms with E-state index in [0.29, 0.717) is 12.0 Å². The molecule has 0 aliphatic rings.